The quantitative estimate of drug-likeness (QED) is 0.132. The van der Waals surface area contributed by atoms with E-state index >= 15 is 0 Å². The summed E-state index contributed by atoms with van der Waals surface area (Å²) in [7, 11) is -2.42. The summed E-state index contributed by atoms with van der Waals surface area (Å²) in [5, 5.41) is 8.98. The van der Waals surface area contributed by atoms with Gasteiger partial charge in [-0.25, -0.2) is 0 Å². The molecule has 1 unspecified atom stereocenters. The maximum absolute atomic E-state index is 11.8. The van der Waals surface area contributed by atoms with Crippen LogP contribution in [-0.4, -0.2) is 56.7 Å². The van der Waals surface area contributed by atoms with Crippen LogP contribution < -0.4 is 9.08 Å². The first kappa shape index (κ1) is 31.6. The molecular formula is C30H37N2O8S2+. The van der Waals surface area contributed by atoms with Crippen molar-refractivity contribution >= 4 is 44.5 Å². The van der Waals surface area contributed by atoms with Crippen LogP contribution in [-0.2, 0) is 37.1 Å². The van der Waals surface area contributed by atoms with E-state index in [1.54, 1.807) is 18.2 Å². The summed E-state index contributed by atoms with van der Waals surface area (Å²) in [5.74, 6) is -0.524. The van der Waals surface area contributed by atoms with Gasteiger partial charge in [0, 0.05) is 47.5 Å². The van der Waals surface area contributed by atoms with E-state index in [0.29, 0.717) is 13.0 Å². The Balaban J connectivity index is 1.68. The SMILES string of the molecule is C[N+]1=C(/C=C/C=C2\N(CCCCCC(=O)O)c3ccc(OS(=O)O)cc3C2(C)C)C(C)(C)c2cc(S(=O)(=O)O)ccc21. The normalized spacial score (nSPS) is 18.9. The molecule has 0 amide bonds. The average Bonchev–Trinajstić information content (AvgIpc) is 3.21. The Bertz CT molecular complexity index is 1640. The predicted octanol–water partition coefficient (Wildman–Crippen LogP) is 5.34. The van der Waals surface area contributed by atoms with Crippen molar-refractivity contribution in [3.05, 3.63) is 71.5 Å². The number of anilines is 1. The minimum atomic E-state index is -4.34. The molecule has 2 aromatic rings. The summed E-state index contributed by atoms with van der Waals surface area (Å²) in [6.45, 7) is 8.80. The largest absolute Gasteiger partial charge is 0.481 e. The van der Waals surface area contributed by atoms with Crippen LogP contribution in [0.4, 0.5) is 11.4 Å². The number of fused-ring (bicyclic) bond motifs is 2. The Morgan fingerprint density at radius 2 is 1.76 bits per heavy atom. The minimum Gasteiger partial charge on any atom is -0.481 e. The molecule has 4 rings (SSSR count). The van der Waals surface area contributed by atoms with E-state index in [1.807, 2.05) is 49.8 Å². The molecular weight excluding hydrogens is 580 g/mol. The number of hydrogen-bond donors (Lipinski definition) is 3. The first-order valence-electron chi connectivity index (χ1n) is 13.6. The van der Waals surface area contributed by atoms with Gasteiger partial charge in [-0.15, -0.1) is 0 Å². The maximum atomic E-state index is 11.8. The number of carboxylic acids is 1. The second-order valence-corrected chi connectivity index (χ2v) is 13.6. The molecule has 1 atom stereocenters. The van der Waals surface area contributed by atoms with Gasteiger partial charge in [-0.05, 0) is 68.7 Å². The van der Waals surface area contributed by atoms with Crippen molar-refractivity contribution in [2.24, 2.45) is 0 Å². The molecule has 2 aromatic carbocycles. The van der Waals surface area contributed by atoms with Crippen LogP contribution >= 0.6 is 0 Å². The van der Waals surface area contributed by atoms with Gasteiger partial charge in [0.05, 0.1) is 10.3 Å². The zero-order valence-electron chi connectivity index (χ0n) is 24.3. The van der Waals surface area contributed by atoms with Crippen LogP contribution in [0.2, 0.25) is 0 Å². The van der Waals surface area contributed by atoms with Gasteiger partial charge >= 0.3 is 17.3 Å². The fraction of sp³-hybridized carbons (Fsp3) is 0.400. The highest BCUT2D eigenvalue weighted by Crippen LogP contribution is 2.49. The van der Waals surface area contributed by atoms with E-state index in [1.165, 1.54) is 12.1 Å². The highest BCUT2D eigenvalue weighted by Gasteiger charge is 2.44. The van der Waals surface area contributed by atoms with Gasteiger partial charge in [0.1, 0.15) is 12.8 Å². The number of carbonyl (C=O) groups is 1. The number of hydrogen-bond acceptors (Lipinski definition) is 6. The number of aliphatic carboxylic acids is 1. The zero-order chi connectivity index (χ0) is 31.0. The van der Waals surface area contributed by atoms with Crippen molar-refractivity contribution in [1.29, 1.82) is 0 Å². The molecule has 0 aliphatic carbocycles. The molecule has 0 saturated carbocycles. The van der Waals surface area contributed by atoms with Crippen molar-refractivity contribution in [2.45, 2.75) is 69.1 Å². The Hall–Kier alpha value is -3.32. The summed E-state index contributed by atoms with van der Waals surface area (Å²) in [6, 6.07) is 9.91. The van der Waals surface area contributed by atoms with Gasteiger partial charge < -0.3 is 14.2 Å². The lowest BCUT2D eigenvalue weighted by molar-refractivity contribution is -0.401. The van der Waals surface area contributed by atoms with Gasteiger partial charge in [0.2, 0.25) is 5.69 Å². The zero-order valence-corrected chi connectivity index (χ0v) is 26.0. The lowest BCUT2D eigenvalue weighted by Crippen LogP contribution is -2.27. The van der Waals surface area contributed by atoms with Crippen LogP contribution in [0.15, 0.2) is 65.2 Å². The summed E-state index contributed by atoms with van der Waals surface area (Å²) in [6.07, 6.45) is 8.24. The van der Waals surface area contributed by atoms with Gasteiger partial charge in [-0.3, -0.25) is 13.9 Å². The molecule has 0 aromatic heterocycles. The van der Waals surface area contributed by atoms with Gasteiger partial charge in [-0.2, -0.15) is 17.2 Å². The van der Waals surface area contributed by atoms with Gasteiger partial charge in [0.15, 0.2) is 5.71 Å². The summed E-state index contributed by atoms with van der Waals surface area (Å²) >= 11 is -2.45. The fourth-order valence-corrected chi connectivity index (χ4v) is 6.73. The van der Waals surface area contributed by atoms with Crippen LogP contribution in [0, 0.1) is 0 Å². The Labute approximate surface area is 249 Å². The molecule has 0 spiro atoms. The Morgan fingerprint density at radius 3 is 2.40 bits per heavy atom. The van der Waals surface area contributed by atoms with E-state index in [-0.39, 0.29) is 17.1 Å². The molecule has 12 heteroatoms. The summed E-state index contributed by atoms with van der Waals surface area (Å²) in [4.78, 5) is 13.0. The molecule has 42 heavy (non-hydrogen) atoms. The lowest BCUT2D eigenvalue weighted by Gasteiger charge is -2.27. The number of carboxylic acid groups (broad SMARTS) is 1. The van der Waals surface area contributed by atoms with Crippen LogP contribution in [0.3, 0.4) is 0 Å². The molecule has 0 saturated heterocycles. The van der Waals surface area contributed by atoms with Crippen LogP contribution in [0.25, 0.3) is 0 Å². The van der Waals surface area contributed by atoms with Crippen molar-refractivity contribution in [3.63, 3.8) is 0 Å². The fourth-order valence-electron chi connectivity index (χ4n) is 5.96. The Morgan fingerprint density at radius 1 is 1.05 bits per heavy atom. The lowest BCUT2D eigenvalue weighted by atomic mass is 9.81. The first-order chi connectivity index (χ1) is 19.5. The van der Waals surface area contributed by atoms with E-state index in [4.69, 9.17) is 9.29 Å². The van der Waals surface area contributed by atoms with Crippen LogP contribution in [0.5, 0.6) is 5.75 Å². The molecule has 226 valence electrons. The maximum Gasteiger partial charge on any atom is 0.357 e. The minimum absolute atomic E-state index is 0.128. The number of benzene rings is 2. The third-order valence-electron chi connectivity index (χ3n) is 8.11. The molecule has 2 aliphatic rings. The molecule has 0 radical (unpaired) electrons. The predicted molar refractivity (Wildman–Crippen MR) is 162 cm³/mol. The van der Waals surface area contributed by atoms with Crippen molar-refractivity contribution in [1.82, 2.24) is 0 Å². The van der Waals surface area contributed by atoms with E-state index in [2.05, 4.69) is 18.7 Å². The van der Waals surface area contributed by atoms with Crippen molar-refractivity contribution in [3.8, 4) is 5.75 Å². The van der Waals surface area contributed by atoms with E-state index < -0.39 is 38.3 Å². The number of rotatable bonds is 11. The summed E-state index contributed by atoms with van der Waals surface area (Å²) < 4.78 is 60.7. The molecule has 2 heterocycles. The third kappa shape index (κ3) is 6.22. The second-order valence-electron chi connectivity index (χ2n) is 11.6. The molecule has 0 bridgehead atoms. The number of unbranched alkanes of at least 4 members (excludes halogenated alkanes) is 2. The molecule has 0 fully saturated rings. The number of allylic oxidation sites excluding steroid dienone is 4. The molecule has 2 aliphatic heterocycles. The van der Waals surface area contributed by atoms with E-state index in [0.717, 1.165) is 46.8 Å². The smallest absolute Gasteiger partial charge is 0.357 e. The standard InChI is InChI=1S/C30H36N2O8S2/c1-29(2)23-19-21(42(37,38)39)14-16-24(23)31(5)26(29)10-9-11-27-30(3,4)22-18-20(40-41(35)36)13-15-25(22)32(27)17-8-6-7-12-28(33)34/h9-11,13-16,18-19H,6-8,12,17H2,1-5H3,(H2-,33,34,35,36,37,38,39)/p+1. The molecule has 3 N–H and O–H groups in total. The first-order valence-corrected chi connectivity index (χ1v) is 16.1. The van der Waals surface area contributed by atoms with Crippen LogP contribution in [0.1, 0.15) is 64.5 Å². The van der Waals surface area contributed by atoms with E-state index in [9.17, 15) is 26.5 Å². The molecule has 10 nitrogen and oxygen atoms in total. The third-order valence-corrected chi connectivity index (χ3v) is 9.30. The average molecular weight is 618 g/mol. The Kier molecular flexibility index (Phi) is 8.85. The van der Waals surface area contributed by atoms with Crippen molar-refractivity contribution in [2.75, 3.05) is 18.5 Å². The van der Waals surface area contributed by atoms with Crippen molar-refractivity contribution < 1.29 is 40.4 Å². The highest BCUT2D eigenvalue weighted by atomic mass is 32.2. The summed E-state index contributed by atoms with van der Waals surface area (Å²) in [5.41, 5.74) is 4.45. The monoisotopic (exact) mass is 617 g/mol. The van der Waals surface area contributed by atoms with Gasteiger partial charge in [0.25, 0.3) is 10.1 Å². The second kappa shape index (κ2) is 11.8. The number of nitrogens with zero attached hydrogens (tertiary/aromatic N) is 2. The van der Waals surface area contributed by atoms with Gasteiger partial charge in [-0.1, -0.05) is 26.3 Å². The topological polar surface area (TPSA) is 144 Å². The highest BCUT2D eigenvalue weighted by molar-refractivity contribution is 7.85.